The molecule has 1 saturated carbocycles. The minimum absolute atomic E-state index is 0.659. The van der Waals surface area contributed by atoms with Crippen LogP contribution in [0.5, 0.6) is 0 Å². The van der Waals surface area contributed by atoms with E-state index in [-0.39, 0.29) is 0 Å². The molecule has 0 aliphatic heterocycles. The first-order valence-corrected chi connectivity index (χ1v) is 5.20. The average Bonchev–Trinajstić information content (AvgIpc) is 2.19. The second-order valence-corrected chi connectivity index (χ2v) is 3.56. The third kappa shape index (κ3) is 4.71. The van der Waals surface area contributed by atoms with Gasteiger partial charge in [0, 0.05) is 12.6 Å². The first-order chi connectivity index (χ1) is 6.43. The van der Waals surface area contributed by atoms with E-state index in [1.807, 2.05) is 12.3 Å². The fourth-order valence-electron chi connectivity index (χ4n) is 1.60. The lowest BCUT2D eigenvalue weighted by Gasteiger charge is -2.16. The molecule has 0 bridgehead atoms. The minimum atomic E-state index is 0.659. The van der Waals surface area contributed by atoms with Gasteiger partial charge in [-0.25, -0.2) is 0 Å². The van der Waals surface area contributed by atoms with E-state index >= 15 is 0 Å². The summed E-state index contributed by atoms with van der Waals surface area (Å²) in [5.74, 6) is 0.664. The maximum Gasteiger partial charge on any atom is 0.120 e. The van der Waals surface area contributed by atoms with Crippen LogP contribution >= 0.6 is 0 Å². The molecule has 0 radical (unpaired) electrons. The third-order valence-electron chi connectivity index (χ3n) is 2.41. The molecule has 0 unspecified atom stereocenters. The van der Waals surface area contributed by atoms with Crippen LogP contribution in [0.15, 0.2) is 17.8 Å². The quantitative estimate of drug-likeness (QED) is 0.276. The molecule has 1 fully saturated rings. The predicted molar refractivity (Wildman–Crippen MR) is 55.8 cm³/mol. The molecule has 0 amide bonds. The van der Waals surface area contributed by atoms with E-state index in [9.17, 15) is 0 Å². The standard InChI is InChI=1S/C11H19NO/c1-2-3-9-13-12-10-11-7-5-4-6-8-11/h2,10-11H,1,3-9H2. The van der Waals surface area contributed by atoms with E-state index in [0.717, 1.165) is 6.42 Å². The number of oxime groups is 1. The maximum atomic E-state index is 5.07. The highest BCUT2D eigenvalue weighted by Crippen LogP contribution is 2.21. The molecule has 13 heavy (non-hydrogen) atoms. The molecule has 1 aliphatic rings. The Morgan fingerprint density at radius 3 is 2.77 bits per heavy atom. The van der Waals surface area contributed by atoms with Crippen LogP contribution in [0.25, 0.3) is 0 Å². The highest BCUT2D eigenvalue weighted by atomic mass is 16.6. The van der Waals surface area contributed by atoms with E-state index in [0.29, 0.717) is 12.5 Å². The van der Waals surface area contributed by atoms with Crippen molar-refractivity contribution in [3.05, 3.63) is 12.7 Å². The van der Waals surface area contributed by atoms with Crippen molar-refractivity contribution in [2.45, 2.75) is 38.5 Å². The Morgan fingerprint density at radius 2 is 2.08 bits per heavy atom. The van der Waals surface area contributed by atoms with Crippen LogP contribution in [0, 0.1) is 5.92 Å². The van der Waals surface area contributed by atoms with Gasteiger partial charge >= 0.3 is 0 Å². The molecule has 1 aliphatic carbocycles. The largest absolute Gasteiger partial charge is 0.396 e. The number of hydrogen-bond donors (Lipinski definition) is 0. The Bertz CT molecular complexity index is 159. The van der Waals surface area contributed by atoms with Gasteiger partial charge in [-0.2, -0.15) is 0 Å². The molecule has 0 heterocycles. The van der Waals surface area contributed by atoms with Crippen molar-refractivity contribution in [2.24, 2.45) is 11.1 Å². The van der Waals surface area contributed by atoms with Crippen molar-refractivity contribution < 1.29 is 4.84 Å². The van der Waals surface area contributed by atoms with Crippen molar-refractivity contribution in [2.75, 3.05) is 6.61 Å². The summed E-state index contributed by atoms with van der Waals surface area (Å²) < 4.78 is 0. The Balaban J connectivity index is 2.04. The molecule has 2 nitrogen and oxygen atoms in total. The highest BCUT2D eigenvalue weighted by molar-refractivity contribution is 5.59. The van der Waals surface area contributed by atoms with E-state index in [1.165, 1.54) is 32.1 Å². The Hall–Kier alpha value is -0.790. The fraction of sp³-hybridized carbons (Fsp3) is 0.727. The lowest BCUT2D eigenvalue weighted by molar-refractivity contribution is 0.149. The summed E-state index contributed by atoms with van der Waals surface area (Å²) in [6.07, 6.45) is 11.4. The molecule has 0 spiro atoms. The average molecular weight is 181 g/mol. The van der Waals surface area contributed by atoms with Crippen LogP contribution < -0.4 is 0 Å². The van der Waals surface area contributed by atoms with E-state index in [1.54, 1.807) is 0 Å². The molecule has 74 valence electrons. The normalized spacial score (nSPS) is 19.1. The summed E-state index contributed by atoms with van der Waals surface area (Å²) in [6, 6.07) is 0. The van der Waals surface area contributed by atoms with Crippen LogP contribution in [0.2, 0.25) is 0 Å². The van der Waals surface area contributed by atoms with Crippen molar-refractivity contribution >= 4 is 6.21 Å². The highest BCUT2D eigenvalue weighted by Gasteiger charge is 2.10. The van der Waals surface area contributed by atoms with Crippen molar-refractivity contribution in [1.82, 2.24) is 0 Å². The summed E-state index contributed by atoms with van der Waals surface area (Å²) >= 11 is 0. The van der Waals surface area contributed by atoms with Gasteiger partial charge in [0.25, 0.3) is 0 Å². The molecule has 0 aromatic rings. The minimum Gasteiger partial charge on any atom is -0.396 e. The van der Waals surface area contributed by atoms with Crippen molar-refractivity contribution in [3.63, 3.8) is 0 Å². The molecule has 0 N–H and O–H groups in total. The Morgan fingerprint density at radius 1 is 1.31 bits per heavy atom. The molecular formula is C11H19NO. The van der Waals surface area contributed by atoms with Crippen LogP contribution in [-0.4, -0.2) is 12.8 Å². The van der Waals surface area contributed by atoms with E-state index in [2.05, 4.69) is 11.7 Å². The number of hydrogen-bond acceptors (Lipinski definition) is 2. The molecule has 0 aromatic heterocycles. The molecular weight excluding hydrogens is 162 g/mol. The summed E-state index contributed by atoms with van der Waals surface area (Å²) in [7, 11) is 0. The molecule has 2 heteroatoms. The number of rotatable bonds is 5. The summed E-state index contributed by atoms with van der Waals surface area (Å²) in [5, 5.41) is 3.96. The zero-order valence-electron chi connectivity index (χ0n) is 8.24. The molecule has 0 saturated heterocycles. The lowest BCUT2D eigenvalue weighted by Crippen LogP contribution is -2.07. The van der Waals surface area contributed by atoms with Crippen LogP contribution in [0.4, 0.5) is 0 Å². The second-order valence-electron chi connectivity index (χ2n) is 3.56. The SMILES string of the molecule is C=CCCON=CC1CCCCC1. The fourth-order valence-corrected chi connectivity index (χ4v) is 1.60. The smallest absolute Gasteiger partial charge is 0.120 e. The zero-order valence-corrected chi connectivity index (χ0v) is 8.24. The van der Waals surface area contributed by atoms with Gasteiger partial charge < -0.3 is 4.84 Å². The molecule has 0 aromatic carbocycles. The zero-order chi connectivity index (χ0) is 9.36. The summed E-state index contributed by atoms with van der Waals surface area (Å²) in [5.41, 5.74) is 0. The third-order valence-corrected chi connectivity index (χ3v) is 2.41. The monoisotopic (exact) mass is 181 g/mol. The summed E-state index contributed by atoms with van der Waals surface area (Å²) in [6.45, 7) is 4.28. The van der Waals surface area contributed by atoms with Gasteiger partial charge in [0.1, 0.15) is 6.61 Å². The van der Waals surface area contributed by atoms with Crippen LogP contribution in [0.3, 0.4) is 0 Å². The van der Waals surface area contributed by atoms with Crippen LogP contribution in [-0.2, 0) is 4.84 Å². The van der Waals surface area contributed by atoms with Gasteiger partial charge in [0.15, 0.2) is 0 Å². The lowest BCUT2D eigenvalue weighted by atomic mass is 9.90. The Labute approximate surface area is 80.7 Å². The first kappa shape index (κ1) is 10.3. The topological polar surface area (TPSA) is 21.6 Å². The van der Waals surface area contributed by atoms with Gasteiger partial charge in [0.2, 0.25) is 0 Å². The van der Waals surface area contributed by atoms with Gasteiger partial charge in [-0.15, -0.1) is 6.58 Å². The Kier molecular flexibility index (Phi) is 5.30. The predicted octanol–water partition coefficient (Wildman–Crippen LogP) is 3.15. The van der Waals surface area contributed by atoms with E-state index in [4.69, 9.17) is 4.84 Å². The molecule has 0 atom stereocenters. The maximum absolute atomic E-state index is 5.07. The van der Waals surface area contributed by atoms with Gasteiger partial charge in [0.05, 0.1) is 0 Å². The second kappa shape index (κ2) is 6.70. The van der Waals surface area contributed by atoms with Gasteiger partial charge in [-0.3, -0.25) is 0 Å². The van der Waals surface area contributed by atoms with Crippen molar-refractivity contribution in [1.29, 1.82) is 0 Å². The number of nitrogens with zero attached hydrogens (tertiary/aromatic N) is 1. The van der Waals surface area contributed by atoms with Crippen LogP contribution in [0.1, 0.15) is 38.5 Å². The van der Waals surface area contributed by atoms with Crippen molar-refractivity contribution in [3.8, 4) is 0 Å². The van der Waals surface area contributed by atoms with Gasteiger partial charge in [-0.05, 0) is 18.8 Å². The van der Waals surface area contributed by atoms with Gasteiger partial charge in [-0.1, -0.05) is 30.5 Å². The first-order valence-electron chi connectivity index (χ1n) is 5.20. The molecule has 1 rings (SSSR count). The summed E-state index contributed by atoms with van der Waals surface area (Å²) in [4.78, 5) is 5.07. The van der Waals surface area contributed by atoms with E-state index < -0.39 is 0 Å².